The van der Waals surface area contributed by atoms with E-state index in [2.05, 4.69) is 10.6 Å². The number of nitrogens with one attached hydrogen (secondary N) is 2. The summed E-state index contributed by atoms with van der Waals surface area (Å²) in [6, 6.07) is 0.812. The molecule has 2 saturated carbocycles. The lowest BCUT2D eigenvalue weighted by Gasteiger charge is -2.30. The van der Waals surface area contributed by atoms with Gasteiger partial charge in [0.2, 0.25) is 0 Å². The molecule has 1 spiro atoms. The molecule has 2 fully saturated rings. The normalized spacial score (nSPS) is 33.0. The van der Waals surface area contributed by atoms with E-state index in [0.29, 0.717) is 18.0 Å². The highest BCUT2D eigenvalue weighted by Crippen LogP contribution is 2.56. The summed E-state index contributed by atoms with van der Waals surface area (Å²) < 4.78 is 5.31. The third-order valence-electron chi connectivity index (χ3n) is 4.41. The number of amides is 1. The third-order valence-corrected chi connectivity index (χ3v) is 4.41. The zero-order valence-corrected chi connectivity index (χ0v) is 12.9. The molecule has 1 amide bonds. The molecule has 2 rings (SSSR count). The van der Waals surface area contributed by atoms with Gasteiger partial charge in [0.25, 0.3) is 0 Å². The molecule has 0 aromatic carbocycles. The van der Waals surface area contributed by atoms with Crippen molar-refractivity contribution in [1.29, 1.82) is 0 Å². The Kier molecular flexibility index (Phi) is 4.59. The van der Waals surface area contributed by atoms with E-state index in [0.717, 1.165) is 32.1 Å². The van der Waals surface area contributed by atoms with Crippen molar-refractivity contribution in [1.82, 2.24) is 10.6 Å². The molecule has 1 unspecified atom stereocenters. The summed E-state index contributed by atoms with van der Waals surface area (Å²) in [5.74, 6) is 0. The first-order valence-electron chi connectivity index (χ1n) is 7.68. The highest BCUT2D eigenvalue weighted by molar-refractivity contribution is 5.68. The predicted molar refractivity (Wildman–Crippen MR) is 77.6 cm³/mol. The van der Waals surface area contributed by atoms with Crippen LogP contribution in [0.3, 0.4) is 0 Å². The van der Waals surface area contributed by atoms with E-state index < -0.39 is 5.60 Å². The number of aliphatic hydroxyl groups is 1. The third kappa shape index (κ3) is 4.09. The quantitative estimate of drug-likeness (QED) is 0.736. The number of aliphatic hydroxyl groups excluding tert-OH is 1. The lowest BCUT2D eigenvalue weighted by atomic mass is 9.83. The maximum atomic E-state index is 11.8. The van der Waals surface area contributed by atoms with Gasteiger partial charge in [-0.3, -0.25) is 0 Å². The first kappa shape index (κ1) is 15.6. The van der Waals surface area contributed by atoms with Crippen molar-refractivity contribution in [3.05, 3.63) is 0 Å². The van der Waals surface area contributed by atoms with Gasteiger partial charge in [0.1, 0.15) is 5.60 Å². The Morgan fingerprint density at radius 1 is 1.35 bits per heavy atom. The van der Waals surface area contributed by atoms with Crippen molar-refractivity contribution in [3.8, 4) is 0 Å². The molecule has 20 heavy (non-hydrogen) atoms. The van der Waals surface area contributed by atoms with E-state index in [-0.39, 0.29) is 18.7 Å². The van der Waals surface area contributed by atoms with Gasteiger partial charge in [0.05, 0.1) is 6.61 Å². The number of hydrogen-bond acceptors (Lipinski definition) is 4. The van der Waals surface area contributed by atoms with Crippen molar-refractivity contribution >= 4 is 6.09 Å². The molecule has 5 heteroatoms. The van der Waals surface area contributed by atoms with Crippen LogP contribution < -0.4 is 10.6 Å². The van der Waals surface area contributed by atoms with Crippen LogP contribution in [0.25, 0.3) is 0 Å². The van der Waals surface area contributed by atoms with Gasteiger partial charge in [0.15, 0.2) is 0 Å². The first-order chi connectivity index (χ1) is 9.35. The average molecular weight is 284 g/mol. The lowest BCUT2D eigenvalue weighted by molar-refractivity contribution is 0.0511. The zero-order chi connectivity index (χ0) is 14.8. The van der Waals surface area contributed by atoms with E-state index in [1.54, 1.807) is 0 Å². The average Bonchev–Trinajstić information content (AvgIpc) is 2.98. The molecule has 5 nitrogen and oxygen atoms in total. The Balaban J connectivity index is 1.71. The first-order valence-corrected chi connectivity index (χ1v) is 7.68. The second-order valence-corrected chi connectivity index (χ2v) is 7.22. The molecule has 0 saturated heterocycles. The van der Waals surface area contributed by atoms with Gasteiger partial charge >= 0.3 is 6.09 Å². The minimum absolute atomic E-state index is 0.199. The largest absolute Gasteiger partial charge is 0.444 e. The van der Waals surface area contributed by atoms with Gasteiger partial charge in [0, 0.05) is 18.6 Å². The molecule has 2 aliphatic rings. The van der Waals surface area contributed by atoms with E-state index in [9.17, 15) is 4.79 Å². The number of alkyl carbamates (subject to hydrolysis) is 1. The van der Waals surface area contributed by atoms with Crippen molar-refractivity contribution in [2.24, 2.45) is 5.41 Å². The number of ether oxygens (including phenoxy) is 1. The summed E-state index contributed by atoms with van der Waals surface area (Å²) in [7, 11) is 0. The molecule has 0 aromatic heterocycles. The molecule has 1 atom stereocenters. The summed E-state index contributed by atoms with van der Waals surface area (Å²) in [5.41, 5.74) is -0.119. The van der Waals surface area contributed by atoms with Gasteiger partial charge in [-0.05, 0) is 58.3 Å². The fourth-order valence-corrected chi connectivity index (χ4v) is 3.22. The second kappa shape index (κ2) is 5.90. The van der Waals surface area contributed by atoms with Crippen molar-refractivity contribution in [2.75, 3.05) is 13.2 Å². The summed E-state index contributed by atoms with van der Waals surface area (Å²) in [5, 5.41) is 15.2. The molecular formula is C15H28N2O3. The Morgan fingerprint density at radius 2 is 2.00 bits per heavy atom. The Labute approximate surface area is 121 Å². The highest BCUT2D eigenvalue weighted by Gasteiger charge is 2.55. The summed E-state index contributed by atoms with van der Waals surface area (Å²) in [4.78, 5) is 11.8. The van der Waals surface area contributed by atoms with E-state index in [4.69, 9.17) is 9.84 Å². The Hall–Kier alpha value is -0.810. The Morgan fingerprint density at radius 3 is 2.55 bits per heavy atom. The highest BCUT2D eigenvalue weighted by atomic mass is 16.6. The molecule has 0 aliphatic heterocycles. The van der Waals surface area contributed by atoms with E-state index in [1.165, 1.54) is 0 Å². The number of carbonyl (C=O) groups excluding carboxylic acids is 1. The lowest BCUT2D eigenvalue weighted by Crippen LogP contribution is -2.39. The fraction of sp³-hybridized carbons (Fsp3) is 0.933. The van der Waals surface area contributed by atoms with Gasteiger partial charge in [-0.1, -0.05) is 0 Å². The SMILES string of the molecule is CC(C)(C)OC(=O)NC1CC12CCC(NCCO)CC2. The number of hydrogen-bond donors (Lipinski definition) is 3. The second-order valence-electron chi connectivity index (χ2n) is 7.22. The molecule has 2 aliphatic carbocycles. The summed E-state index contributed by atoms with van der Waals surface area (Å²) in [6.07, 6.45) is 5.35. The van der Waals surface area contributed by atoms with Gasteiger partial charge in [-0.15, -0.1) is 0 Å². The van der Waals surface area contributed by atoms with Crippen molar-refractivity contribution < 1.29 is 14.6 Å². The number of rotatable bonds is 4. The van der Waals surface area contributed by atoms with Crippen LogP contribution in [0, 0.1) is 5.41 Å². The van der Waals surface area contributed by atoms with E-state index >= 15 is 0 Å². The summed E-state index contributed by atoms with van der Waals surface area (Å²) in [6.45, 7) is 6.52. The minimum atomic E-state index is -0.433. The minimum Gasteiger partial charge on any atom is -0.444 e. The van der Waals surface area contributed by atoms with E-state index in [1.807, 2.05) is 20.8 Å². The summed E-state index contributed by atoms with van der Waals surface area (Å²) >= 11 is 0. The molecule has 0 heterocycles. The molecule has 0 radical (unpaired) electrons. The van der Waals surface area contributed by atoms with Crippen LogP contribution in [-0.2, 0) is 4.74 Å². The smallest absolute Gasteiger partial charge is 0.407 e. The topological polar surface area (TPSA) is 70.6 Å². The van der Waals surface area contributed by atoms with Gasteiger partial charge < -0.3 is 20.5 Å². The number of carbonyl (C=O) groups is 1. The van der Waals surface area contributed by atoms with Crippen LogP contribution in [0.5, 0.6) is 0 Å². The zero-order valence-electron chi connectivity index (χ0n) is 12.9. The van der Waals surface area contributed by atoms with Crippen LogP contribution >= 0.6 is 0 Å². The molecule has 3 N–H and O–H groups in total. The van der Waals surface area contributed by atoms with Crippen LogP contribution in [0.15, 0.2) is 0 Å². The van der Waals surface area contributed by atoms with Crippen LogP contribution in [0.2, 0.25) is 0 Å². The monoisotopic (exact) mass is 284 g/mol. The maximum Gasteiger partial charge on any atom is 0.407 e. The molecule has 116 valence electrons. The van der Waals surface area contributed by atoms with Crippen LogP contribution in [0.1, 0.15) is 52.9 Å². The van der Waals surface area contributed by atoms with Crippen LogP contribution in [0.4, 0.5) is 4.79 Å². The molecular weight excluding hydrogens is 256 g/mol. The molecule has 0 aromatic rings. The standard InChI is InChI=1S/C15H28N2O3/c1-14(2,3)20-13(19)17-12-10-15(12)6-4-11(5-7-15)16-8-9-18/h11-12,16,18H,4-10H2,1-3H3,(H,17,19). The molecule has 0 bridgehead atoms. The van der Waals surface area contributed by atoms with Crippen molar-refractivity contribution in [3.63, 3.8) is 0 Å². The van der Waals surface area contributed by atoms with Gasteiger partial charge in [-0.25, -0.2) is 4.79 Å². The Bertz CT molecular complexity index is 344. The van der Waals surface area contributed by atoms with Crippen molar-refractivity contribution in [2.45, 2.75) is 70.6 Å². The van der Waals surface area contributed by atoms with Gasteiger partial charge in [-0.2, -0.15) is 0 Å². The van der Waals surface area contributed by atoms with Crippen LogP contribution in [-0.4, -0.2) is 42.0 Å². The predicted octanol–water partition coefficient (Wildman–Crippen LogP) is 1.79. The fourth-order valence-electron chi connectivity index (χ4n) is 3.22. The maximum absolute atomic E-state index is 11.8.